The Morgan fingerprint density at radius 2 is 1.57 bits per heavy atom. The van der Waals surface area contributed by atoms with E-state index in [1.807, 2.05) is 13.8 Å². The summed E-state index contributed by atoms with van der Waals surface area (Å²) in [5.41, 5.74) is -0.345. The topological polar surface area (TPSA) is 82.1 Å². The van der Waals surface area contributed by atoms with Gasteiger partial charge in [-0.2, -0.15) is 0 Å². The van der Waals surface area contributed by atoms with Crippen LogP contribution >= 0.6 is 0 Å². The molecule has 1 saturated heterocycles. The largest absolute Gasteiger partial charge is 0.458 e. The molecule has 6 heteroatoms. The van der Waals surface area contributed by atoms with Gasteiger partial charge in [-0.1, -0.05) is 41.3 Å². The molecular formula is C24H24O6. The summed E-state index contributed by atoms with van der Waals surface area (Å²) < 4.78 is 16.6. The van der Waals surface area contributed by atoms with E-state index in [-0.39, 0.29) is 13.0 Å². The summed E-state index contributed by atoms with van der Waals surface area (Å²) in [6.07, 6.45) is 4.39. The van der Waals surface area contributed by atoms with E-state index in [2.05, 4.69) is 5.92 Å². The maximum Gasteiger partial charge on any atom is 0.338 e. The number of hydrogen-bond acceptors (Lipinski definition) is 6. The average molecular weight is 408 g/mol. The van der Waals surface area contributed by atoms with Crippen LogP contribution in [-0.2, 0) is 14.2 Å². The Morgan fingerprint density at radius 1 is 1.07 bits per heavy atom. The minimum atomic E-state index is -1.63. The van der Waals surface area contributed by atoms with Crippen molar-refractivity contribution in [2.75, 3.05) is 6.61 Å². The van der Waals surface area contributed by atoms with Crippen molar-refractivity contribution in [3.05, 3.63) is 70.8 Å². The second kappa shape index (κ2) is 8.31. The number of benzene rings is 2. The van der Waals surface area contributed by atoms with Gasteiger partial charge in [0.05, 0.1) is 11.1 Å². The van der Waals surface area contributed by atoms with E-state index in [1.165, 1.54) is 0 Å². The number of terminal acetylenes is 1. The number of aliphatic hydroxyl groups is 1. The number of aliphatic hydroxyl groups excluding tert-OH is 1. The lowest BCUT2D eigenvalue weighted by molar-refractivity contribution is -0.156. The fourth-order valence-electron chi connectivity index (χ4n) is 3.33. The van der Waals surface area contributed by atoms with E-state index in [9.17, 15) is 14.7 Å². The quantitative estimate of drug-likeness (QED) is 0.604. The van der Waals surface area contributed by atoms with Crippen molar-refractivity contribution in [1.82, 2.24) is 0 Å². The van der Waals surface area contributed by atoms with E-state index >= 15 is 0 Å². The maximum absolute atomic E-state index is 12.7. The van der Waals surface area contributed by atoms with Gasteiger partial charge in [-0.3, -0.25) is 0 Å². The molecule has 2 aromatic carbocycles. The molecule has 3 rings (SSSR count). The van der Waals surface area contributed by atoms with Crippen LogP contribution in [0.3, 0.4) is 0 Å². The predicted molar refractivity (Wildman–Crippen MR) is 110 cm³/mol. The van der Waals surface area contributed by atoms with E-state index in [0.29, 0.717) is 11.1 Å². The van der Waals surface area contributed by atoms with Gasteiger partial charge in [-0.05, 0) is 45.0 Å². The van der Waals surface area contributed by atoms with Gasteiger partial charge in [0.2, 0.25) is 5.60 Å². The molecule has 1 fully saturated rings. The lowest BCUT2D eigenvalue weighted by atomic mass is 9.84. The zero-order valence-electron chi connectivity index (χ0n) is 17.2. The summed E-state index contributed by atoms with van der Waals surface area (Å²) in [5.74, 6) is 1.24. The van der Waals surface area contributed by atoms with Crippen LogP contribution in [0.2, 0.25) is 0 Å². The van der Waals surface area contributed by atoms with Gasteiger partial charge >= 0.3 is 11.9 Å². The summed E-state index contributed by atoms with van der Waals surface area (Å²) in [6, 6.07) is 13.7. The van der Waals surface area contributed by atoms with Crippen LogP contribution in [0.1, 0.15) is 45.2 Å². The average Bonchev–Trinajstić information content (AvgIpc) is 2.96. The van der Waals surface area contributed by atoms with Gasteiger partial charge in [0.1, 0.15) is 6.61 Å². The van der Waals surface area contributed by atoms with Crippen molar-refractivity contribution in [3.8, 4) is 12.3 Å². The highest BCUT2D eigenvalue weighted by Crippen LogP contribution is 2.42. The Hall–Kier alpha value is -3.14. The van der Waals surface area contributed by atoms with Gasteiger partial charge in [-0.15, -0.1) is 6.42 Å². The van der Waals surface area contributed by atoms with Crippen molar-refractivity contribution in [1.29, 1.82) is 0 Å². The zero-order chi connectivity index (χ0) is 21.9. The number of aryl methyl sites for hydroxylation is 2. The highest BCUT2D eigenvalue weighted by atomic mass is 16.7. The van der Waals surface area contributed by atoms with Crippen LogP contribution in [0.15, 0.2) is 48.5 Å². The molecule has 30 heavy (non-hydrogen) atoms. The first-order chi connectivity index (χ1) is 14.2. The number of hydrogen-bond donors (Lipinski definition) is 1. The predicted octanol–water partition coefficient (Wildman–Crippen LogP) is 3.19. The van der Waals surface area contributed by atoms with Gasteiger partial charge < -0.3 is 19.3 Å². The third kappa shape index (κ3) is 4.23. The van der Waals surface area contributed by atoms with Crippen LogP contribution < -0.4 is 0 Å². The first kappa shape index (κ1) is 21.6. The van der Waals surface area contributed by atoms with Gasteiger partial charge in [0.25, 0.3) is 0 Å². The van der Waals surface area contributed by atoms with Crippen LogP contribution in [0, 0.1) is 26.2 Å². The lowest BCUT2D eigenvalue weighted by Crippen LogP contribution is -2.54. The fourth-order valence-corrected chi connectivity index (χ4v) is 3.33. The smallest absolute Gasteiger partial charge is 0.338 e. The first-order valence-electron chi connectivity index (χ1n) is 9.55. The standard InChI is InChI=1S/C24H24O6/c1-5-24(15-28-21(26)18-10-6-16(2)7-11-18)23(4,14-20(25)29-24)30-22(27)19-12-8-17(3)9-13-19/h1,6-13,20,25H,14-15H2,2-4H3/t20?,23-,24+/m0/s1. The Balaban J connectivity index is 1.79. The summed E-state index contributed by atoms with van der Waals surface area (Å²) in [6.45, 7) is 4.99. The Labute approximate surface area is 175 Å². The van der Waals surface area contributed by atoms with Crippen LogP contribution in [0.25, 0.3) is 0 Å². The fraction of sp³-hybridized carbons (Fsp3) is 0.333. The molecule has 3 atom stereocenters. The molecule has 0 saturated carbocycles. The molecule has 1 heterocycles. The van der Waals surface area contributed by atoms with Crippen molar-refractivity contribution in [2.24, 2.45) is 0 Å². The number of esters is 2. The molecular weight excluding hydrogens is 384 g/mol. The normalized spacial score (nSPS) is 25.4. The molecule has 0 aliphatic carbocycles. The van der Waals surface area contributed by atoms with E-state index in [4.69, 9.17) is 20.6 Å². The zero-order valence-corrected chi connectivity index (χ0v) is 17.2. The van der Waals surface area contributed by atoms with Crippen molar-refractivity contribution < 1.29 is 28.9 Å². The molecule has 1 aliphatic heterocycles. The van der Waals surface area contributed by atoms with Gasteiger partial charge in [0.15, 0.2) is 11.9 Å². The highest BCUT2D eigenvalue weighted by molar-refractivity contribution is 5.90. The van der Waals surface area contributed by atoms with E-state index < -0.39 is 29.4 Å². The Morgan fingerprint density at radius 3 is 2.07 bits per heavy atom. The molecule has 1 N–H and O–H groups in total. The minimum absolute atomic E-state index is 0.0586. The molecule has 0 amide bonds. The highest BCUT2D eigenvalue weighted by Gasteiger charge is 2.60. The molecule has 6 nitrogen and oxygen atoms in total. The van der Waals surface area contributed by atoms with E-state index in [1.54, 1.807) is 55.5 Å². The van der Waals surface area contributed by atoms with Crippen molar-refractivity contribution in [2.45, 2.75) is 44.7 Å². The third-order valence-electron chi connectivity index (χ3n) is 5.29. The second-order valence-electron chi connectivity index (χ2n) is 7.68. The molecule has 2 aromatic rings. The summed E-state index contributed by atoms with van der Waals surface area (Å²) in [7, 11) is 0. The van der Waals surface area contributed by atoms with E-state index in [0.717, 1.165) is 11.1 Å². The van der Waals surface area contributed by atoms with Crippen molar-refractivity contribution >= 4 is 11.9 Å². The maximum atomic E-state index is 12.7. The Kier molecular flexibility index (Phi) is 5.97. The SMILES string of the molecule is C#C[C@]1(COC(=O)c2ccc(C)cc2)OC(O)C[C@]1(C)OC(=O)c1ccc(C)cc1. The van der Waals surface area contributed by atoms with Gasteiger partial charge in [-0.25, -0.2) is 9.59 Å². The molecule has 0 spiro atoms. The first-order valence-corrected chi connectivity index (χ1v) is 9.55. The Bertz CT molecular complexity index is 972. The molecule has 1 aliphatic rings. The number of carbonyl (C=O) groups excluding carboxylic acids is 2. The second-order valence-corrected chi connectivity index (χ2v) is 7.68. The number of rotatable bonds is 5. The number of ether oxygens (including phenoxy) is 3. The van der Waals surface area contributed by atoms with Gasteiger partial charge in [0, 0.05) is 6.42 Å². The monoisotopic (exact) mass is 408 g/mol. The van der Waals surface area contributed by atoms with Crippen molar-refractivity contribution in [3.63, 3.8) is 0 Å². The van der Waals surface area contributed by atoms with Crippen LogP contribution in [0.4, 0.5) is 0 Å². The molecule has 0 aromatic heterocycles. The molecule has 0 bridgehead atoms. The molecule has 156 valence electrons. The minimum Gasteiger partial charge on any atom is -0.458 e. The summed E-state index contributed by atoms with van der Waals surface area (Å²) in [5, 5.41) is 10.1. The van der Waals surface area contributed by atoms with Crippen LogP contribution in [0.5, 0.6) is 0 Å². The third-order valence-corrected chi connectivity index (χ3v) is 5.29. The summed E-state index contributed by atoms with van der Waals surface area (Å²) >= 11 is 0. The molecule has 1 unspecified atom stereocenters. The lowest BCUT2D eigenvalue weighted by Gasteiger charge is -2.36. The number of carbonyl (C=O) groups is 2. The van der Waals surface area contributed by atoms with Crippen LogP contribution in [-0.4, -0.2) is 41.1 Å². The summed E-state index contributed by atoms with van der Waals surface area (Å²) in [4.78, 5) is 25.1. The molecule has 0 radical (unpaired) electrons.